The average Bonchev–Trinajstić information content (AvgIpc) is 1.86. The fraction of sp³-hybridized carbons (Fsp3) is 1.00. The van der Waals surface area contributed by atoms with Crippen LogP contribution in [0.25, 0.3) is 0 Å². The molecule has 0 radical (unpaired) electrons. The molecular formula is C5H13NO3S. The Kier molecular flexibility index (Phi) is 3.85. The SMILES string of the molecule is CCNS(=O)(=O)C(C)CO. The van der Waals surface area contributed by atoms with Crippen molar-refractivity contribution in [1.29, 1.82) is 0 Å². The third-order valence-corrected chi connectivity index (χ3v) is 3.03. The Morgan fingerprint density at radius 3 is 2.40 bits per heavy atom. The van der Waals surface area contributed by atoms with Crippen LogP contribution in [-0.2, 0) is 10.0 Å². The maximum absolute atomic E-state index is 10.9. The van der Waals surface area contributed by atoms with E-state index in [4.69, 9.17) is 5.11 Å². The molecule has 2 N–H and O–H groups in total. The molecule has 4 nitrogen and oxygen atoms in total. The molecule has 1 unspecified atom stereocenters. The van der Waals surface area contributed by atoms with Gasteiger partial charge in [-0.25, -0.2) is 13.1 Å². The number of aliphatic hydroxyl groups excluding tert-OH is 1. The lowest BCUT2D eigenvalue weighted by atomic mass is 10.5. The van der Waals surface area contributed by atoms with E-state index in [1.807, 2.05) is 0 Å². The van der Waals surface area contributed by atoms with Gasteiger partial charge in [0, 0.05) is 6.54 Å². The summed E-state index contributed by atoms with van der Waals surface area (Å²) in [6.07, 6.45) is 0. The molecule has 0 rings (SSSR count). The fourth-order valence-corrected chi connectivity index (χ4v) is 1.32. The normalized spacial score (nSPS) is 15.1. The molecule has 0 fully saturated rings. The van der Waals surface area contributed by atoms with Crippen molar-refractivity contribution in [3.05, 3.63) is 0 Å². The molecule has 0 aliphatic heterocycles. The highest BCUT2D eigenvalue weighted by Gasteiger charge is 2.17. The summed E-state index contributed by atoms with van der Waals surface area (Å²) >= 11 is 0. The van der Waals surface area contributed by atoms with Gasteiger partial charge in [0.25, 0.3) is 0 Å². The molecule has 0 bridgehead atoms. The second kappa shape index (κ2) is 3.90. The Hall–Kier alpha value is -0.130. The molecule has 0 aliphatic rings. The minimum Gasteiger partial charge on any atom is -0.395 e. The standard InChI is InChI=1S/C5H13NO3S/c1-3-6-10(8,9)5(2)4-7/h5-7H,3-4H2,1-2H3. The third-order valence-electron chi connectivity index (χ3n) is 1.13. The van der Waals surface area contributed by atoms with Crippen LogP contribution in [0.15, 0.2) is 0 Å². The summed E-state index contributed by atoms with van der Waals surface area (Å²) in [6, 6.07) is 0. The summed E-state index contributed by atoms with van der Waals surface area (Å²) in [5.74, 6) is 0. The minimum atomic E-state index is -3.26. The van der Waals surface area contributed by atoms with E-state index in [1.165, 1.54) is 6.92 Å². The van der Waals surface area contributed by atoms with Crippen LogP contribution in [0.2, 0.25) is 0 Å². The summed E-state index contributed by atoms with van der Waals surface area (Å²) in [6.45, 7) is 3.18. The van der Waals surface area contributed by atoms with E-state index in [0.29, 0.717) is 6.54 Å². The van der Waals surface area contributed by atoms with Crippen LogP contribution in [0.3, 0.4) is 0 Å². The molecular weight excluding hydrogens is 154 g/mol. The molecule has 1 atom stereocenters. The van der Waals surface area contributed by atoms with Crippen LogP contribution >= 0.6 is 0 Å². The Morgan fingerprint density at radius 1 is 1.60 bits per heavy atom. The van der Waals surface area contributed by atoms with Crippen LogP contribution < -0.4 is 4.72 Å². The van der Waals surface area contributed by atoms with E-state index in [2.05, 4.69) is 4.72 Å². The number of sulfonamides is 1. The zero-order valence-corrected chi connectivity index (χ0v) is 6.98. The van der Waals surface area contributed by atoms with Gasteiger partial charge in [-0.05, 0) is 6.92 Å². The molecule has 0 aromatic rings. The largest absolute Gasteiger partial charge is 0.395 e. The molecule has 10 heavy (non-hydrogen) atoms. The smallest absolute Gasteiger partial charge is 0.216 e. The number of aliphatic hydroxyl groups is 1. The Labute approximate surface area is 61.3 Å². The van der Waals surface area contributed by atoms with Crippen LogP contribution in [-0.4, -0.2) is 31.9 Å². The topological polar surface area (TPSA) is 66.4 Å². The van der Waals surface area contributed by atoms with Crippen molar-refractivity contribution in [3.63, 3.8) is 0 Å². The lowest BCUT2D eigenvalue weighted by Gasteiger charge is -2.08. The van der Waals surface area contributed by atoms with Crippen molar-refractivity contribution in [2.75, 3.05) is 13.2 Å². The second-order valence-corrected chi connectivity index (χ2v) is 4.22. The van der Waals surface area contributed by atoms with Crippen LogP contribution in [0.1, 0.15) is 13.8 Å². The second-order valence-electron chi connectivity index (χ2n) is 2.04. The van der Waals surface area contributed by atoms with E-state index in [0.717, 1.165) is 0 Å². The van der Waals surface area contributed by atoms with Gasteiger partial charge in [0.2, 0.25) is 10.0 Å². The predicted molar refractivity (Wildman–Crippen MR) is 39.1 cm³/mol. The van der Waals surface area contributed by atoms with Crippen LogP contribution in [0.5, 0.6) is 0 Å². The number of rotatable bonds is 4. The summed E-state index contributed by atoms with van der Waals surface area (Å²) in [7, 11) is -3.26. The van der Waals surface area contributed by atoms with Gasteiger partial charge in [-0.3, -0.25) is 0 Å². The van der Waals surface area contributed by atoms with Crippen LogP contribution in [0, 0.1) is 0 Å². The first kappa shape index (κ1) is 9.87. The molecule has 62 valence electrons. The van der Waals surface area contributed by atoms with E-state index < -0.39 is 15.3 Å². The van der Waals surface area contributed by atoms with Gasteiger partial charge >= 0.3 is 0 Å². The highest BCUT2D eigenvalue weighted by atomic mass is 32.2. The minimum absolute atomic E-state index is 0.338. The number of nitrogens with one attached hydrogen (secondary N) is 1. The van der Waals surface area contributed by atoms with Gasteiger partial charge in [-0.1, -0.05) is 6.92 Å². The highest BCUT2D eigenvalue weighted by molar-refractivity contribution is 7.90. The summed E-state index contributed by atoms with van der Waals surface area (Å²) in [4.78, 5) is 0. The lowest BCUT2D eigenvalue weighted by Crippen LogP contribution is -2.34. The molecule has 0 saturated heterocycles. The third kappa shape index (κ3) is 2.64. The number of hydrogen-bond donors (Lipinski definition) is 2. The maximum atomic E-state index is 10.9. The summed E-state index contributed by atoms with van der Waals surface area (Å²) in [5.41, 5.74) is 0. The average molecular weight is 167 g/mol. The van der Waals surface area contributed by atoms with Gasteiger partial charge in [0.15, 0.2) is 0 Å². The molecule has 0 spiro atoms. The first-order valence-corrected chi connectivity index (χ1v) is 4.68. The predicted octanol–water partition coefficient (Wildman–Crippen LogP) is -0.694. The lowest BCUT2D eigenvalue weighted by molar-refractivity contribution is 0.295. The Bertz CT molecular complexity index is 175. The van der Waals surface area contributed by atoms with Gasteiger partial charge in [-0.2, -0.15) is 0 Å². The molecule has 0 aromatic heterocycles. The van der Waals surface area contributed by atoms with Crippen molar-refractivity contribution in [3.8, 4) is 0 Å². The first-order valence-electron chi connectivity index (χ1n) is 3.14. The van der Waals surface area contributed by atoms with E-state index in [1.54, 1.807) is 6.92 Å². The zero-order valence-electron chi connectivity index (χ0n) is 6.16. The molecule has 5 heteroatoms. The van der Waals surface area contributed by atoms with E-state index in [-0.39, 0.29) is 6.61 Å². The van der Waals surface area contributed by atoms with Crippen molar-refractivity contribution in [2.45, 2.75) is 19.1 Å². The van der Waals surface area contributed by atoms with E-state index >= 15 is 0 Å². The first-order chi connectivity index (χ1) is 4.54. The summed E-state index contributed by atoms with van der Waals surface area (Å²) in [5, 5.41) is 7.76. The maximum Gasteiger partial charge on any atom is 0.216 e. The monoisotopic (exact) mass is 167 g/mol. The molecule has 0 saturated carbocycles. The molecule has 0 aromatic carbocycles. The molecule has 0 heterocycles. The number of hydrogen-bond acceptors (Lipinski definition) is 3. The highest BCUT2D eigenvalue weighted by Crippen LogP contribution is 1.94. The van der Waals surface area contributed by atoms with Gasteiger partial charge < -0.3 is 5.11 Å². The summed E-state index contributed by atoms with van der Waals surface area (Å²) < 4.78 is 24.1. The van der Waals surface area contributed by atoms with Gasteiger partial charge in [0.05, 0.1) is 11.9 Å². The van der Waals surface area contributed by atoms with Crippen molar-refractivity contribution >= 4 is 10.0 Å². The molecule has 0 aliphatic carbocycles. The van der Waals surface area contributed by atoms with Crippen molar-refractivity contribution in [1.82, 2.24) is 4.72 Å². The van der Waals surface area contributed by atoms with Crippen LogP contribution in [0.4, 0.5) is 0 Å². The Morgan fingerprint density at radius 2 is 2.10 bits per heavy atom. The Balaban J connectivity index is 4.12. The fourth-order valence-electron chi connectivity index (χ4n) is 0.442. The van der Waals surface area contributed by atoms with Gasteiger partial charge in [0.1, 0.15) is 0 Å². The van der Waals surface area contributed by atoms with Crippen molar-refractivity contribution in [2.24, 2.45) is 0 Å². The zero-order chi connectivity index (χ0) is 8.20. The van der Waals surface area contributed by atoms with Gasteiger partial charge in [-0.15, -0.1) is 0 Å². The van der Waals surface area contributed by atoms with Crippen molar-refractivity contribution < 1.29 is 13.5 Å². The van der Waals surface area contributed by atoms with E-state index in [9.17, 15) is 8.42 Å². The quantitative estimate of drug-likeness (QED) is 0.582. The molecule has 0 amide bonds.